The van der Waals surface area contributed by atoms with Gasteiger partial charge in [0.2, 0.25) is 0 Å². The molecule has 4 rings (SSSR count). The van der Waals surface area contributed by atoms with Crippen molar-refractivity contribution in [3.63, 3.8) is 0 Å². The SMILES string of the molecule is COCC1O[C@H](OC)C(OCc2ccccc2)[C@@H](OC)[C@@H]1O[C@H]1O[C@@H](C(=O)OCc2ccccc2)[C@@H](O)C(OC)C1O. The van der Waals surface area contributed by atoms with Crippen LogP contribution < -0.4 is 0 Å². The standard InChI is InChI=1S/C30H40O12/c1-34-17-20-23(26(36-3)27(30(37-4)40-20)38-15-18-11-7-5-8-12-18)41-29-22(32)24(35-2)21(31)25(42-29)28(33)39-16-19-13-9-6-10-14-19/h5-14,20-27,29-32H,15-17H2,1-4H3/t20?,21-,22?,23+,24?,25+,26-,27?,29-,30-/m0/s1. The molecule has 2 heterocycles. The van der Waals surface area contributed by atoms with Crippen LogP contribution in [0.2, 0.25) is 0 Å². The van der Waals surface area contributed by atoms with Crippen LogP contribution in [0.5, 0.6) is 0 Å². The van der Waals surface area contributed by atoms with Gasteiger partial charge in [-0.15, -0.1) is 0 Å². The molecule has 0 aliphatic carbocycles. The number of esters is 1. The summed E-state index contributed by atoms with van der Waals surface area (Å²) in [5.41, 5.74) is 1.68. The zero-order valence-electron chi connectivity index (χ0n) is 24.1. The van der Waals surface area contributed by atoms with E-state index in [1.807, 2.05) is 48.5 Å². The van der Waals surface area contributed by atoms with Crippen LogP contribution in [0, 0.1) is 0 Å². The van der Waals surface area contributed by atoms with Crippen molar-refractivity contribution in [1.29, 1.82) is 0 Å². The third kappa shape index (κ3) is 7.71. The normalized spacial score (nSPS) is 33.3. The summed E-state index contributed by atoms with van der Waals surface area (Å²) in [6.07, 6.45) is -11.2. The second-order valence-corrected chi connectivity index (χ2v) is 10.00. The van der Waals surface area contributed by atoms with Gasteiger partial charge in [0, 0.05) is 28.4 Å². The number of aliphatic hydroxyl groups is 2. The van der Waals surface area contributed by atoms with Crippen LogP contribution >= 0.6 is 0 Å². The van der Waals surface area contributed by atoms with Crippen LogP contribution in [-0.4, -0.2) is 113 Å². The molecule has 4 unspecified atom stereocenters. The van der Waals surface area contributed by atoms with Crippen LogP contribution in [0.1, 0.15) is 11.1 Å². The Morgan fingerprint density at radius 2 is 1.33 bits per heavy atom. The Hall–Kier alpha value is -2.49. The fraction of sp³-hybridized carbons (Fsp3) is 0.567. The Bertz CT molecular complexity index is 1070. The van der Waals surface area contributed by atoms with E-state index < -0.39 is 67.4 Å². The Labute approximate surface area is 245 Å². The van der Waals surface area contributed by atoms with Crippen LogP contribution in [0.25, 0.3) is 0 Å². The highest BCUT2D eigenvalue weighted by Gasteiger charge is 2.54. The summed E-state index contributed by atoms with van der Waals surface area (Å²) in [5.74, 6) is -0.839. The monoisotopic (exact) mass is 592 g/mol. The lowest BCUT2D eigenvalue weighted by Gasteiger charge is -2.48. The van der Waals surface area contributed by atoms with Crippen molar-refractivity contribution in [2.45, 2.75) is 74.6 Å². The van der Waals surface area contributed by atoms with Crippen LogP contribution in [0.15, 0.2) is 60.7 Å². The third-order valence-corrected chi connectivity index (χ3v) is 7.27. The Kier molecular flexibility index (Phi) is 12.2. The summed E-state index contributed by atoms with van der Waals surface area (Å²) >= 11 is 0. The average Bonchev–Trinajstić information content (AvgIpc) is 3.02. The molecule has 2 saturated heterocycles. The molecule has 0 amide bonds. The van der Waals surface area contributed by atoms with Crippen molar-refractivity contribution in [1.82, 2.24) is 0 Å². The second kappa shape index (κ2) is 15.8. The van der Waals surface area contributed by atoms with Crippen molar-refractivity contribution in [2.75, 3.05) is 35.0 Å². The maximum absolute atomic E-state index is 13.0. The number of hydrogen-bond donors (Lipinski definition) is 2. The molecule has 12 heteroatoms. The summed E-state index contributed by atoms with van der Waals surface area (Å²) in [6, 6.07) is 18.6. The number of benzene rings is 2. The third-order valence-electron chi connectivity index (χ3n) is 7.27. The van der Waals surface area contributed by atoms with Crippen LogP contribution in [0.4, 0.5) is 0 Å². The number of carbonyl (C=O) groups is 1. The second-order valence-electron chi connectivity index (χ2n) is 10.00. The van der Waals surface area contributed by atoms with Crippen molar-refractivity contribution in [3.05, 3.63) is 71.8 Å². The van der Waals surface area contributed by atoms with E-state index in [4.69, 9.17) is 42.6 Å². The molecule has 2 aromatic rings. The minimum Gasteiger partial charge on any atom is -0.459 e. The van der Waals surface area contributed by atoms with E-state index >= 15 is 0 Å². The lowest BCUT2D eigenvalue weighted by Crippen LogP contribution is -2.66. The fourth-order valence-electron chi connectivity index (χ4n) is 5.13. The molecule has 12 nitrogen and oxygen atoms in total. The van der Waals surface area contributed by atoms with Crippen molar-refractivity contribution in [2.24, 2.45) is 0 Å². The van der Waals surface area contributed by atoms with Gasteiger partial charge in [0.25, 0.3) is 0 Å². The molecule has 2 aliphatic rings. The molecular formula is C30H40O12. The predicted octanol–water partition coefficient (Wildman–Crippen LogP) is 1.19. The number of aliphatic hydroxyl groups excluding tert-OH is 2. The van der Waals surface area contributed by atoms with E-state index in [-0.39, 0.29) is 19.8 Å². The van der Waals surface area contributed by atoms with Crippen molar-refractivity contribution in [3.8, 4) is 0 Å². The van der Waals surface area contributed by atoms with Gasteiger partial charge in [0.05, 0.1) is 13.2 Å². The molecule has 2 aromatic carbocycles. The summed E-state index contributed by atoms with van der Waals surface area (Å²) in [5, 5.41) is 21.9. The van der Waals surface area contributed by atoms with Gasteiger partial charge in [0.15, 0.2) is 18.7 Å². The van der Waals surface area contributed by atoms with Gasteiger partial charge in [-0.05, 0) is 11.1 Å². The van der Waals surface area contributed by atoms with Crippen molar-refractivity contribution >= 4 is 5.97 Å². The van der Waals surface area contributed by atoms with Gasteiger partial charge >= 0.3 is 5.97 Å². The Balaban J connectivity index is 1.53. The van der Waals surface area contributed by atoms with E-state index in [0.29, 0.717) is 0 Å². The van der Waals surface area contributed by atoms with Gasteiger partial charge in [-0.3, -0.25) is 0 Å². The number of rotatable bonds is 13. The summed E-state index contributed by atoms with van der Waals surface area (Å²) in [6.45, 7) is 0.290. The van der Waals surface area contributed by atoms with Gasteiger partial charge in [-0.2, -0.15) is 0 Å². The first kappa shape index (κ1) is 32.4. The fourth-order valence-corrected chi connectivity index (χ4v) is 5.13. The molecule has 0 bridgehead atoms. The molecule has 2 fully saturated rings. The van der Waals surface area contributed by atoms with Crippen molar-refractivity contribution < 1.29 is 57.6 Å². The quantitative estimate of drug-likeness (QED) is 0.323. The Morgan fingerprint density at radius 1 is 0.714 bits per heavy atom. The van der Waals surface area contributed by atoms with Crippen LogP contribution in [0.3, 0.4) is 0 Å². The molecule has 0 saturated carbocycles. The van der Waals surface area contributed by atoms with E-state index in [0.717, 1.165) is 11.1 Å². The van der Waals surface area contributed by atoms with E-state index in [1.165, 1.54) is 28.4 Å². The molecule has 0 radical (unpaired) electrons. The molecular weight excluding hydrogens is 552 g/mol. The maximum atomic E-state index is 13.0. The molecule has 42 heavy (non-hydrogen) atoms. The van der Waals surface area contributed by atoms with Gasteiger partial charge < -0.3 is 52.8 Å². The number of carbonyl (C=O) groups excluding carboxylic acids is 1. The number of ether oxygens (including phenoxy) is 9. The highest BCUT2D eigenvalue weighted by Crippen LogP contribution is 2.33. The summed E-state index contributed by atoms with van der Waals surface area (Å²) in [7, 11) is 5.79. The molecule has 0 aromatic heterocycles. The first-order valence-electron chi connectivity index (χ1n) is 13.7. The van der Waals surface area contributed by atoms with Gasteiger partial charge in [-0.25, -0.2) is 4.79 Å². The zero-order chi connectivity index (χ0) is 30.1. The van der Waals surface area contributed by atoms with Gasteiger partial charge in [-0.1, -0.05) is 60.7 Å². The van der Waals surface area contributed by atoms with Gasteiger partial charge in [0.1, 0.15) is 49.3 Å². The highest BCUT2D eigenvalue weighted by molar-refractivity contribution is 5.75. The summed E-state index contributed by atoms with van der Waals surface area (Å²) in [4.78, 5) is 13.0. The van der Waals surface area contributed by atoms with E-state index in [9.17, 15) is 15.0 Å². The molecule has 2 aliphatic heterocycles. The summed E-state index contributed by atoms with van der Waals surface area (Å²) < 4.78 is 52.0. The smallest absolute Gasteiger partial charge is 0.338 e. The minimum atomic E-state index is -1.52. The molecule has 2 N–H and O–H groups in total. The average molecular weight is 593 g/mol. The van der Waals surface area contributed by atoms with Crippen LogP contribution in [-0.2, 0) is 60.6 Å². The van der Waals surface area contributed by atoms with E-state index in [1.54, 1.807) is 12.1 Å². The minimum absolute atomic E-state index is 0.0328. The first-order chi connectivity index (χ1) is 20.4. The number of methoxy groups -OCH3 is 4. The topological polar surface area (TPSA) is 141 Å². The van der Waals surface area contributed by atoms with E-state index in [2.05, 4.69) is 0 Å². The molecule has 0 spiro atoms. The number of hydrogen-bond acceptors (Lipinski definition) is 12. The maximum Gasteiger partial charge on any atom is 0.338 e. The lowest BCUT2D eigenvalue weighted by atomic mass is 9.96. The Morgan fingerprint density at radius 3 is 1.90 bits per heavy atom. The zero-order valence-corrected chi connectivity index (χ0v) is 24.1. The lowest BCUT2D eigenvalue weighted by molar-refractivity contribution is -0.361. The highest BCUT2D eigenvalue weighted by atomic mass is 16.8. The molecule has 232 valence electrons. The first-order valence-corrected chi connectivity index (χ1v) is 13.7. The molecule has 10 atom stereocenters. The largest absolute Gasteiger partial charge is 0.459 e. The predicted molar refractivity (Wildman–Crippen MR) is 146 cm³/mol.